The van der Waals surface area contributed by atoms with Gasteiger partial charge in [0.2, 0.25) is 0 Å². The van der Waals surface area contributed by atoms with Gasteiger partial charge in [0.25, 0.3) is 0 Å². The molecule has 0 atom stereocenters. The molecular formula is C18H24N4O2. The number of rotatable bonds is 5. The zero-order valence-electron chi connectivity index (χ0n) is 14.5. The number of fused-ring (bicyclic) bond motifs is 1. The number of aryl methyl sites for hydroxylation is 2. The van der Waals surface area contributed by atoms with Gasteiger partial charge in [0.1, 0.15) is 5.76 Å². The minimum atomic E-state index is 0.629. The topological polar surface area (TPSA) is 71.7 Å². The van der Waals surface area contributed by atoms with Crippen LogP contribution >= 0.6 is 0 Å². The SMILES string of the molecule is CCNC(=NCc1ccc2c(c1)COC2)NCc1c(C)noc1C. The third kappa shape index (κ3) is 3.76. The van der Waals surface area contributed by atoms with Crippen LogP contribution in [0.1, 0.15) is 40.6 Å². The van der Waals surface area contributed by atoms with Crippen molar-refractivity contribution in [2.75, 3.05) is 6.54 Å². The Kier molecular flexibility index (Phi) is 5.15. The maximum atomic E-state index is 5.46. The van der Waals surface area contributed by atoms with E-state index in [9.17, 15) is 0 Å². The monoisotopic (exact) mass is 328 g/mol. The van der Waals surface area contributed by atoms with E-state index in [-0.39, 0.29) is 0 Å². The highest BCUT2D eigenvalue weighted by Gasteiger charge is 2.11. The number of aromatic nitrogens is 1. The maximum absolute atomic E-state index is 5.46. The number of hydrogen-bond donors (Lipinski definition) is 2. The van der Waals surface area contributed by atoms with Gasteiger partial charge in [-0.25, -0.2) is 4.99 Å². The van der Waals surface area contributed by atoms with Crippen molar-refractivity contribution in [3.8, 4) is 0 Å². The summed E-state index contributed by atoms with van der Waals surface area (Å²) in [6.45, 7) is 9.44. The molecule has 128 valence electrons. The van der Waals surface area contributed by atoms with Gasteiger partial charge in [0.05, 0.1) is 25.5 Å². The highest BCUT2D eigenvalue weighted by Crippen LogP contribution is 2.21. The van der Waals surface area contributed by atoms with Crippen molar-refractivity contribution in [2.45, 2.75) is 47.1 Å². The van der Waals surface area contributed by atoms with Gasteiger partial charge in [-0.05, 0) is 37.5 Å². The summed E-state index contributed by atoms with van der Waals surface area (Å²) in [6.07, 6.45) is 0. The number of ether oxygens (including phenoxy) is 1. The lowest BCUT2D eigenvalue weighted by molar-refractivity contribution is 0.134. The molecule has 0 radical (unpaired) electrons. The van der Waals surface area contributed by atoms with Crippen LogP contribution in [0.2, 0.25) is 0 Å². The van der Waals surface area contributed by atoms with Gasteiger partial charge in [0, 0.05) is 18.7 Å². The highest BCUT2D eigenvalue weighted by molar-refractivity contribution is 5.79. The zero-order chi connectivity index (χ0) is 16.9. The van der Waals surface area contributed by atoms with E-state index in [1.807, 2.05) is 13.8 Å². The van der Waals surface area contributed by atoms with E-state index in [0.717, 1.165) is 36.1 Å². The molecule has 1 aromatic heterocycles. The Morgan fingerprint density at radius 2 is 2.04 bits per heavy atom. The van der Waals surface area contributed by atoms with Gasteiger partial charge >= 0.3 is 0 Å². The number of benzene rings is 1. The summed E-state index contributed by atoms with van der Waals surface area (Å²) in [7, 11) is 0. The van der Waals surface area contributed by atoms with Crippen LogP contribution in [-0.2, 0) is 31.0 Å². The molecule has 0 aliphatic carbocycles. The normalized spacial score (nSPS) is 13.9. The van der Waals surface area contributed by atoms with E-state index < -0.39 is 0 Å². The van der Waals surface area contributed by atoms with Gasteiger partial charge in [-0.15, -0.1) is 0 Å². The Bertz CT molecular complexity index is 717. The van der Waals surface area contributed by atoms with Gasteiger partial charge in [-0.1, -0.05) is 23.4 Å². The molecular weight excluding hydrogens is 304 g/mol. The summed E-state index contributed by atoms with van der Waals surface area (Å²) >= 11 is 0. The number of aliphatic imine (C=N–C) groups is 1. The smallest absolute Gasteiger partial charge is 0.191 e. The molecule has 0 saturated carbocycles. The second kappa shape index (κ2) is 7.49. The summed E-state index contributed by atoms with van der Waals surface area (Å²) in [4.78, 5) is 4.67. The fourth-order valence-electron chi connectivity index (χ4n) is 2.76. The molecule has 6 nitrogen and oxygen atoms in total. The Balaban J connectivity index is 1.65. The molecule has 1 aliphatic heterocycles. The standard InChI is InChI=1S/C18H24N4O2/c1-4-19-18(21-9-17-12(2)22-24-13(17)3)20-8-14-5-6-15-10-23-11-16(15)7-14/h5-7H,4,8-11H2,1-3H3,(H2,19,20,21). The van der Waals surface area contributed by atoms with Crippen molar-refractivity contribution in [3.05, 3.63) is 51.9 Å². The lowest BCUT2D eigenvalue weighted by Crippen LogP contribution is -2.37. The van der Waals surface area contributed by atoms with Crippen LogP contribution in [0, 0.1) is 13.8 Å². The third-order valence-corrected chi connectivity index (χ3v) is 4.16. The molecule has 6 heteroatoms. The molecule has 0 fully saturated rings. The first kappa shape index (κ1) is 16.5. The van der Waals surface area contributed by atoms with Crippen LogP contribution < -0.4 is 10.6 Å². The summed E-state index contributed by atoms with van der Waals surface area (Å²) in [5.74, 6) is 1.63. The van der Waals surface area contributed by atoms with E-state index in [1.165, 1.54) is 16.7 Å². The zero-order valence-corrected chi connectivity index (χ0v) is 14.5. The van der Waals surface area contributed by atoms with E-state index in [4.69, 9.17) is 9.26 Å². The predicted octanol–water partition coefficient (Wildman–Crippen LogP) is 2.58. The molecule has 1 aromatic carbocycles. The molecule has 2 N–H and O–H groups in total. The molecule has 0 amide bonds. The highest BCUT2D eigenvalue weighted by atomic mass is 16.5. The lowest BCUT2D eigenvalue weighted by Gasteiger charge is -2.11. The summed E-state index contributed by atoms with van der Waals surface area (Å²) in [6, 6.07) is 6.44. The van der Waals surface area contributed by atoms with Crippen molar-refractivity contribution < 1.29 is 9.26 Å². The summed E-state index contributed by atoms with van der Waals surface area (Å²) < 4.78 is 10.7. The Morgan fingerprint density at radius 3 is 2.79 bits per heavy atom. The Morgan fingerprint density at radius 1 is 1.21 bits per heavy atom. The Labute approximate surface area is 142 Å². The molecule has 0 spiro atoms. The second-order valence-electron chi connectivity index (χ2n) is 5.95. The van der Waals surface area contributed by atoms with Gasteiger partial charge in [-0.2, -0.15) is 0 Å². The molecule has 24 heavy (non-hydrogen) atoms. The summed E-state index contributed by atoms with van der Waals surface area (Å²) in [5, 5.41) is 10.6. The van der Waals surface area contributed by atoms with E-state index in [1.54, 1.807) is 0 Å². The fraction of sp³-hybridized carbons (Fsp3) is 0.444. The molecule has 0 unspecified atom stereocenters. The first-order valence-corrected chi connectivity index (χ1v) is 8.29. The quantitative estimate of drug-likeness (QED) is 0.652. The number of nitrogens with one attached hydrogen (secondary N) is 2. The molecule has 0 bridgehead atoms. The van der Waals surface area contributed by atoms with Crippen LogP contribution in [0.4, 0.5) is 0 Å². The number of nitrogens with zero attached hydrogens (tertiary/aromatic N) is 2. The van der Waals surface area contributed by atoms with Crippen molar-refractivity contribution in [1.82, 2.24) is 15.8 Å². The molecule has 1 aliphatic rings. The van der Waals surface area contributed by atoms with E-state index in [2.05, 4.69) is 45.9 Å². The minimum Gasteiger partial charge on any atom is -0.372 e. The molecule has 3 rings (SSSR count). The van der Waals surface area contributed by atoms with Crippen molar-refractivity contribution >= 4 is 5.96 Å². The average molecular weight is 328 g/mol. The first-order valence-electron chi connectivity index (χ1n) is 8.29. The van der Waals surface area contributed by atoms with Gasteiger partial charge in [-0.3, -0.25) is 0 Å². The van der Waals surface area contributed by atoms with Crippen LogP contribution in [-0.4, -0.2) is 17.7 Å². The maximum Gasteiger partial charge on any atom is 0.191 e. The fourth-order valence-corrected chi connectivity index (χ4v) is 2.76. The third-order valence-electron chi connectivity index (χ3n) is 4.16. The van der Waals surface area contributed by atoms with Crippen LogP contribution in [0.3, 0.4) is 0 Å². The van der Waals surface area contributed by atoms with Crippen molar-refractivity contribution in [1.29, 1.82) is 0 Å². The van der Waals surface area contributed by atoms with Crippen LogP contribution in [0.15, 0.2) is 27.7 Å². The van der Waals surface area contributed by atoms with Gasteiger partial charge < -0.3 is 19.9 Å². The lowest BCUT2D eigenvalue weighted by atomic mass is 10.1. The average Bonchev–Trinajstić information content (AvgIpc) is 3.17. The van der Waals surface area contributed by atoms with E-state index in [0.29, 0.717) is 19.7 Å². The molecule has 0 saturated heterocycles. The predicted molar refractivity (Wildman–Crippen MR) is 92.6 cm³/mol. The van der Waals surface area contributed by atoms with Gasteiger partial charge in [0.15, 0.2) is 5.96 Å². The molecule has 2 heterocycles. The number of guanidine groups is 1. The van der Waals surface area contributed by atoms with Crippen LogP contribution in [0.25, 0.3) is 0 Å². The van der Waals surface area contributed by atoms with Crippen LogP contribution in [0.5, 0.6) is 0 Å². The Hall–Kier alpha value is -2.34. The minimum absolute atomic E-state index is 0.629. The largest absolute Gasteiger partial charge is 0.372 e. The first-order chi connectivity index (χ1) is 11.7. The number of hydrogen-bond acceptors (Lipinski definition) is 4. The summed E-state index contributed by atoms with van der Waals surface area (Å²) in [5.41, 5.74) is 5.74. The van der Waals surface area contributed by atoms with E-state index >= 15 is 0 Å². The van der Waals surface area contributed by atoms with Crippen molar-refractivity contribution in [2.24, 2.45) is 4.99 Å². The molecule has 2 aromatic rings. The van der Waals surface area contributed by atoms with Crippen molar-refractivity contribution in [3.63, 3.8) is 0 Å². The second-order valence-corrected chi connectivity index (χ2v) is 5.95.